The first kappa shape index (κ1) is 16.6. The lowest BCUT2D eigenvalue weighted by Gasteiger charge is -2.07. The van der Waals surface area contributed by atoms with Crippen LogP contribution in [0.25, 0.3) is 10.8 Å². The summed E-state index contributed by atoms with van der Waals surface area (Å²) < 4.78 is 5.09. The number of ether oxygens (including phenoxy) is 1. The van der Waals surface area contributed by atoms with Crippen LogP contribution in [0.5, 0.6) is 0 Å². The van der Waals surface area contributed by atoms with E-state index >= 15 is 0 Å². The van der Waals surface area contributed by atoms with Crippen molar-refractivity contribution in [3.8, 4) is 0 Å². The van der Waals surface area contributed by atoms with Gasteiger partial charge in [0.05, 0.1) is 5.39 Å². The van der Waals surface area contributed by atoms with Crippen molar-refractivity contribution in [2.75, 3.05) is 6.61 Å². The van der Waals surface area contributed by atoms with Gasteiger partial charge in [-0.05, 0) is 37.1 Å². The van der Waals surface area contributed by atoms with Gasteiger partial charge in [0.1, 0.15) is 0 Å². The van der Waals surface area contributed by atoms with Crippen molar-refractivity contribution in [1.82, 2.24) is 10.2 Å². The fourth-order valence-corrected chi connectivity index (χ4v) is 2.47. The smallest absolute Gasteiger partial charge is 0.359 e. The molecule has 6 nitrogen and oxygen atoms in total. The molecule has 0 saturated heterocycles. The predicted molar refractivity (Wildman–Crippen MR) is 92.9 cm³/mol. The molecule has 0 aliphatic heterocycles. The fraction of sp³-hybridized carbons (Fsp3) is 0.158. The molecule has 2 aromatic carbocycles. The molecule has 0 saturated carbocycles. The minimum Gasteiger partial charge on any atom is -0.452 e. The second-order valence-electron chi connectivity index (χ2n) is 5.75. The number of rotatable bonds is 4. The summed E-state index contributed by atoms with van der Waals surface area (Å²) in [5.41, 5.74) is 2.14. The molecule has 1 heterocycles. The minimum absolute atomic E-state index is 0.0249. The topological polar surface area (TPSA) is 89.1 Å². The van der Waals surface area contributed by atoms with E-state index < -0.39 is 18.1 Å². The number of hydrogen-bond donors (Lipinski definition) is 1. The Morgan fingerprint density at radius 1 is 1.04 bits per heavy atom. The Bertz CT molecular complexity index is 1040. The van der Waals surface area contributed by atoms with Crippen LogP contribution in [-0.2, 0) is 4.74 Å². The minimum atomic E-state index is -0.760. The second kappa shape index (κ2) is 6.68. The van der Waals surface area contributed by atoms with Crippen molar-refractivity contribution in [3.05, 3.63) is 75.2 Å². The summed E-state index contributed by atoms with van der Waals surface area (Å²) in [6.45, 7) is 3.47. The average molecular weight is 336 g/mol. The van der Waals surface area contributed by atoms with Crippen LogP contribution in [0.15, 0.2) is 47.3 Å². The number of carbonyl (C=O) groups is 2. The van der Waals surface area contributed by atoms with E-state index in [9.17, 15) is 14.4 Å². The molecule has 0 atom stereocenters. The lowest BCUT2D eigenvalue weighted by atomic mass is 10.0. The van der Waals surface area contributed by atoms with E-state index in [1.165, 1.54) is 0 Å². The molecular formula is C19H16N2O4. The van der Waals surface area contributed by atoms with Crippen molar-refractivity contribution in [2.24, 2.45) is 0 Å². The van der Waals surface area contributed by atoms with E-state index in [0.29, 0.717) is 16.3 Å². The molecule has 0 spiro atoms. The van der Waals surface area contributed by atoms with E-state index in [1.54, 1.807) is 36.4 Å². The number of nitrogens with one attached hydrogen (secondary N) is 1. The second-order valence-corrected chi connectivity index (χ2v) is 5.75. The maximum atomic E-state index is 12.3. The van der Waals surface area contributed by atoms with Gasteiger partial charge in [-0.1, -0.05) is 30.3 Å². The van der Waals surface area contributed by atoms with Crippen molar-refractivity contribution in [1.29, 1.82) is 0 Å². The van der Waals surface area contributed by atoms with Gasteiger partial charge < -0.3 is 4.74 Å². The van der Waals surface area contributed by atoms with Gasteiger partial charge in [0.2, 0.25) is 0 Å². The summed E-state index contributed by atoms with van der Waals surface area (Å²) in [5.74, 6) is -1.06. The monoisotopic (exact) mass is 336 g/mol. The van der Waals surface area contributed by atoms with Crippen molar-refractivity contribution < 1.29 is 14.3 Å². The van der Waals surface area contributed by atoms with Crippen LogP contribution in [0, 0.1) is 13.8 Å². The summed E-state index contributed by atoms with van der Waals surface area (Å²) in [6.07, 6.45) is 0. The number of nitrogens with zero attached hydrogens (tertiary/aromatic N) is 1. The molecule has 0 aliphatic carbocycles. The van der Waals surface area contributed by atoms with Gasteiger partial charge in [0.15, 0.2) is 18.1 Å². The standard InChI is InChI=1S/C19H16N2O4/c1-11-7-8-13(9-12(11)2)16(22)10-25-19(24)17-14-5-3-4-6-15(14)18(23)21-20-17/h3-9H,10H2,1-2H3,(H,21,23). The Balaban J connectivity index is 1.79. The Kier molecular flexibility index (Phi) is 4.43. The summed E-state index contributed by atoms with van der Waals surface area (Å²) in [6, 6.07) is 11.9. The Morgan fingerprint density at radius 3 is 2.48 bits per heavy atom. The van der Waals surface area contributed by atoms with Crippen LogP contribution in [0.4, 0.5) is 0 Å². The van der Waals surface area contributed by atoms with Crippen LogP contribution in [0.3, 0.4) is 0 Å². The van der Waals surface area contributed by atoms with Crippen LogP contribution < -0.4 is 5.56 Å². The highest BCUT2D eigenvalue weighted by Crippen LogP contribution is 2.14. The molecule has 0 aliphatic rings. The van der Waals surface area contributed by atoms with Crippen LogP contribution in [0.1, 0.15) is 32.0 Å². The number of Topliss-reactive ketones (excluding diaryl/α,β-unsaturated/α-hetero) is 1. The number of aromatic nitrogens is 2. The third kappa shape index (κ3) is 3.33. The molecule has 0 fully saturated rings. The highest BCUT2D eigenvalue weighted by molar-refractivity contribution is 6.04. The number of aryl methyl sites for hydroxylation is 2. The van der Waals surface area contributed by atoms with E-state index in [-0.39, 0.29) is 11.5 Å². The van der Waals surface area contributed by atoms with Gasteiger partial charge in [-0.15, -0.1) is 0 Å². The van der Waals surface area contributed by atoms with Crippen LogP contribution in [-0.4, -0.2) is 28.6 Å². The van der Waals surface area contributed by atoms with Crippen molar-refractivity contribution in [2.45, 2.75) is 13.8 Å². The maximum Gasteiger partial charge on any atom is 0.359 e. The third-order valence-corrected chi connectivity index (χ3v) is 4.05. The fourth-order valence-electron chi connectivity index (χ4n) is 2.47. The Labute approximate surface area is 143 Å². The molecule has 25 heavy (non-hydrogen) atoms. The van der Waals surface area contributed by atoms with Crippen LogP contribution in [0.2, 0.25) is 0 Å². The summed E-state index contributed by atoms with van der Waals surface area (Å²) in [5, 5.41) is 6.75. The average Bonchev–Trinajstić information content (AvgIpc) is 2.62. The predicted octanol–water partition coefficient (Wildman–Crippen LogP) is 2.58. The summed E-state index contributed by atoms with van der Waals surface area (Å²) >= 11 is 0. The Morgan fingerprint density at radius 2 is 1.76 bits per heavy atom. The number of hydrogen-bond acceptors (Lipinski definition) is 5. The molecular weight excluding hydrogens is 320 g/mol. The molecule has 0 bridgehead atoms. The molecule has 6 heteroatoms. The zero-order valence-electron chi connectivity index (χ0n) is 13.8. The van der Waals surface area contributed by atoms with Crippen molar-refractivity contribution in [3.63, 3.8) is 0 Å². The van der Waals surface area contributed by atoms with Gasteiger partial charge in [-0.25, -0.2) is 9.89 Å². The lowest BCUT2D eigenvalue weighted by molar-refractivity contribution is 0.0470. The van der Waals surface area contributed by atoms with E-state index in [4.69, 9.17) is 4.74 Å². The SMILES string of the molecule is Cc1ccc(C(=O)COC(=O)c2n[nH]c(=O)c3ccccc23)cc1C. The first-order valence-electron chi connectivity index (χ1n) is 7.72. The zero-order valence-corrected chi connectivity index (χ0v) is 13.8. The number of ketones is 1. The normalized spacial score (nSPS) is 10.6. The molecule has 3 aromatic rings. The molecule has 1 N–H and O–H groups in total. The summed E-state index contributed by atoms with van der Waals surface area (Å²) in [7, 11) is 0. The number of aromatic amines is 1. The largest absolute Gasteiger partial charge is 0.452 e. The van der Waals surface area contributed by atoms with Gasteiger partial charge in [0.25, 0.3) is 5.56 Å². The zero-order chi connectivity index (χ0) is 18.0. The molecule has 126 valence electrons. The third-order valence-electron chi connectivity index (χ3n) is 4.05. The van der Waals surface area contributed by atoms with Crippen molar-refractivity contribution >= 4 is 22.5 Å². The van der Waals surface area contributed by atoms with Gasteiger partial charge in [-0.3, -0.25) is 9.59 Å². The molecule has 0 radical (unpaired) electrons. The first-order valence-corrected chi connectivity index (χ1v) is 7.72. The van der Waals surface area contributed by atoms with Gasteiger partial charge in [-0.2, -0.15) is 5.10 Å². The number of esters is 1. The van der Waals surface area contributed by atoms with E-state index in [2.05, 4.69) is 10.2 Å². The van der Waals surface area contributed by atoms with Gasteiger partial charge >= 0.3 is 5.97 Å². The quantitative estimate of drug-likeness (QED) is 0.584. The van der Waals surface area contributed by atoms with Gasteiger partial charge in [0, 0.05) is 10.9 Å². The first-order chi connectivity index (χ1) is 12.0. The molecule has 3 rings (SSSR count). The molecule has 1 aromatic heterocycles. The summed E-state index contributed by atoms with van der Waals surface area (Å²) in [4.78, 5) is 36.2. The van der Waals surface area contributed by atoms with E-state index in [1.807, 2.05) is 19.9 Å². The number of fused-ring (bicyclic) bond motifs is 1. The highest BCUT2D eigenvalue weighted by atomic mass is 16.5. The Hall–Kier alpha value is -3.28. The maximum absolute atomic E-state index is 12.3. The number of carbonyl (C=O) groups excluding carboxylic acids is 2. The number of benzene rings is 2. The lowest BCUT2D eigenvalue weighted by Crippen LogP contribution is -2.19. The number of H-pyrrole nitrogens is 1. The van der Waals surface area contributed by atoms with Crippen LogP contribution >= 0.6 is 0 Å². The highest BCUT2D eigenvalue weighted by Gasteiger charge is 2.17. The molecule has 0 unspecified atom stereocenters. The van der Waals surface area contributed by atoms with E-state index in [0.717, 1.165) is 11.1 Å². The molecule has 0 amide bonds.